The number of halogens is 2. The summed E-state index contributed by atoms with van der Waals surface area (Å²) in [7, 11) is 0. The van der Waals surface area contributed by atoms with E-state index in [1.165, 1.54) is 36.7 Å². The molecule has 1 aromatic heterocycles. The topological polar surface area (TPSA) is 74.3 Å². The largest absolute Gasteiger partial charge is 0.351 e. The third kappa shape index (κ3) is 5.91. The normalized spacial score (nSPS) is 14.6. The molecule has 0 spiro atoms. The predicted octanol–water partition coefficient (Wildman–Crippen LogP) is 4.31. The van der Waals surface area contributed by atoms with Crippen molar-refractivity contribution in [1.29, 1.82) is 0 Å². The Kier molecular flexibility index (Phi) is 7.67. The Balaban J connectivity index is 1.46. The number of amides is 2. The Morgan fingerprint density at radius 3 is 2.68 bits per heavy atom. The van der Waals surface area contributed by atoms with Crippen molar-refractivity contribution in [2.24, 2.45) is 0 Å². The Bertz CT molecular complexity index is 837. The Hall–Kier alpha value is -1.67. The van der Waals surface area contributed by atoms with Gasteiger partial charge in [0.2, 0.25) is 0 Å². The van der Waals surface area contributed by atoms with E-state index in [9.17, 15) is 9.59 Å². The average molecular weight is 441 g/mol. The maximum atomic E-state index is 12.3. The van der Waals surface area contributed by atoms with E-state index in [0.717, 1.165) is 26.1 Å². The average Bonchev–Trinajstić information content (AvgIpc) is 3.14. The van der Waals surface area contributed by atoms with Gasteiger partial charge in [-0.3, -0.25) is 14.9 Å². The molecule has 9 heteroatoms. The first kappa shape index (κ1) is 21.0. The molecule has 1 saturated heterocycles. The molecular formula is C19H22Cl2N4O2S. The summed E-state index contributed by atoms with van der Waals surface area (Å²) in [5, 5.41) is 8.22. The molecule has 0 unspecified atom stereocenters. The fourth-order valence-corrected chi connectivity index (χ4v) is 4.23. The summed E-state index contributed by atoms with van der Waals surface area (Å²) in [6.07, 6.45) is 4.76. The molecule has 2 heterocycles. The van der Waals surface area contributed by atoms with Crippen LogP contribution in [0, 0.1) is 0 Å². The first-order chi connectivity index (χ1) is 13.5. The number of piperidine rings is 1. The number of carbonyl (C=O) groups is 2. The van der Waals surface area contributed by atoms with Crippen molar-refractivity contribution in [2.75, 3.05) is 31.5 Å². The van der Waals surface area contributed by atoms with Crippen LogP contribution in [-0.4, -0.2) is 47.9 Å². The zero-order chi connectivity index (χ0) is 19.9. The van der Waals surface area contributed by atoms with Crippen LogP contribution in [0.1, 0.15) is 46.5 Å². The summed E-state index contributed by atoms with van der Waals surface area (Å²) in [5.41, 5.74) is 0.588. The van der Waals surface area contributed by atoms with Gasteiger partial charge in [-0.15, -0.1) is 11.3 Å². The first-order valence-corrected chi connectivity index (χ1v) is 10.9. The van der Waals surface area contributed by atoms with E-state index in [1.54, 1.807) is 17.5 Å². The number of thiazole rings is 1. The lowest BCUT2D eigenvalue weighted by Crippen LogP contribution is -2.33. The Morgan fingerprint density at radius 2 is 1.93 bits per heavy atom. The van der Waals surface area contributed by atoms with E-state index in [1.807, 2.05) is 0 Å². The third-order valence-corrected chi connectivity index (χ3v) is 5.82. The van der Waals surface area contributed by atoms with Crippen molar-refractivity contribution >= 4 is 51.5 Å². The number of anilines is 1. The van der Waals surface area contributed by atoms with Gasteiger partial charge in [-0.1, -0.05) is 29.6 Å². The van der Waals surface area contributed by atoms with Crippen molar-refractivity contribution < 1.29 is 9.59 Å². The zero-order valence-corrected chi connectivity index (χ0v) is 17.7. The smallest absolute Gasteiger partial charge is 0.270 e. The van der Waals surface area contributed by atoms with Crippen LogP contribution in [0.15, 0.2) is 23.6 Å². The van der Waals surface area contributed by atoms with Gasteiger partial charge in [0.25, 0.3) is 11.8 Å². The lowest BCUT2D eigenvalue weighted by molar-refractivity contribution is 0.0945. The number of benzene rings is 1. The molecule has 150 valence electrons. The van der Waals surface area contributed by atoms with Crippen LogP contribution in [0.3, 0.4) is 0 Å². The molecule has 1 aliphatic heterocycles. The van der Waals surface area contributed by atoms with Crippen LogP contribution in [0.2, 0.25) is 10.0 Å². The van der Waals surface area contributed by atoms with Crippen LogP contribution >= 0.6 is 34.5 Å². The van der Waals surface area contributed by atoms with E-state index in [-0.39, 0.29) is 10.9 Å². The maximum absolute atomic E-state index is 12.3. The van der Waals surface area contributed by atoms with E-state index in [4.69, 9.17) is 23.2 Å². The molecule has 28 heavy (non-hydrogen) atoms. The summed E-state index contributed by atoms with van der Waals surface area (Å²) in [5.74, 6) is -0.635. The molecule has 0 saturated carbocycles. The third-order valence-electron chi connectivity index (χ3n) is 4.52. The number of nitrogens with one attached hydrogen (secondary N) is 2. The van der Waals surface area contributed by atoms with Gasteiger partial charge in [0.15, 0.2) is 5.13 Å². The van der Waals surface area contributed by atoms with E-state index >= 15 is 0 Å². The number of hydrogen-bond acceptors (Lipinski definition) is 5. The van der Waals surface area contributed by atoms with Crippen molar-refractivity contribution in [1.82, 2.24) is 15.2 Å². The number of hydrogen-bond donors (Lipinski definition) is 2. The van der Waals surface area contributed by atoms with E-state index in [2.05, 4.69) is 20.5 Å². The monoisotopic (exact) mass is 440 g/mol. The fraction of sp³-hybridized carbons (Fsp3) is 0.421. The highest BCUT2D eigenvalue weighted by Gasteiger charge is 2.15. The molecule has 0 radical (unpaired) electrons. The van der Waals surface area contributed by atoms with Gasteiger partial charge in [0.05, 0.1) is 10.6 Å². The number of rotatable bonds is 7. The first-order valence-electron chi connectivity index (χ1n) is 9.25. The van der Waals surface area contributed by atoms with Crippen LogP contribution in [0.4, 0.5) is 5.13 Å². The summed E-state index contributed by atoms with van der Waals surface area (Å²) in [6, 6.07) is 4.64. The standard InChI is InChI=1S/C19H22Cl2N4O2S/c20-13-5-6-14(15(21)11-13)17(26)24-19-23-16(12-28-19)18(27)22-7-4-10-25-8-2-1-3-9-25/h5-6,11-12H,1-4,7-10H2,(H,22,27)(H,23,24,26). The number of carbonyl (C=O) groups excluding carboxylic acids is 2. The molecule has 1 aliphatic rings. The number of aromatic nitrogens is 1. The molecule has 2 amide bonds. The summed E-state index contributed by atoms with van der Waals surface area (Å²) >= 11 is 13.1. The summed E-state index contributed by atoms with van der Waals surface area (Å²) in [4.78, 5) is 31.2. The molecule has 6 nitrogen and oxygen atoms in total. The van der Waals surface area contributed by atoms with Crippen LogP contribution < -0.4 is 10.6 Å². The quantitative estimate of drug-likeness (QED) is 0.628. The van der Waals surface area contributed by atoms with E-state index < -0.39 is 5.91 Å². The predicted molar refractivity (Wildman–Crippen MR) is 114 cm³/mol. The van der Waals surface area contributed by atoms with Crippen LogP contribution in [0.5, 0.6) is 0 Å². The summed E-state index contributed by atoms with van der Waals surface area (Å²) in [6.45, 7) is 3.91. The van der Waals surface area contributed by atoms with Crippen molar-refractivity contribution in [3.63, 3.8) is 0 Å². The minimum atomic E-state index is -0.399. The molecule has 0 bridgehead atoms. The van der Waals surface area contributed by atoms with Gasteiger partial charge >= 0.3 is 0 Å². The van der Waals surface area contributed by atoms with Crippen molar-refractivity contribution in [3.8, 4) is 0 Å². The van der Waals surface area contributed by atoms with Crippen LogP contribution in [-0.2, 0) is 0 Å². The van der Waals surface area contributed by atoms with Crippen molar-refractivity contribution in [2.45, 2.75) is 25.7 Å². The molecule has 1 aromatic carbocycles. The second-order valence-electron chi connectivity index (χ2n) is 6.63. The van der Waals surface area contributed by atoms with Crippen molar-refractivity contribution in [3.05, 3.63) is 44.9 Å². The number of likely N-dealkylation sites (tertiary alicyclic amines) is 1. The second-order valence-corrected chi connectivity index (χ2v) is 8.33. The van der Waals surface area contributed by atoms with Crippen LogP contribution in [0.25, 0.3) is 0 Å². The van der Waals surface area contributed by atoms with E-state index in [0.29, 0.717) is 28.0 Å². The van der Waals surface area contributed by atoms with Gasteiger partial charge in [-0.2, -0.15) is 0 Å². The zero-order valence-electron chi connectivity index (χ0n) is 15.3. The molecule has 2 aromatic rings. The van der Waals surface area contributed by atoms with Gasteiger partial charge < -0.3 is 10.2 Å². The minimum absolute atomic E-state index is 0.236. The summed E-state index contributed by atoms with van der Waals surface area (Å²) < 4.78 is 0. The van der Waals surface area contributed by atoms with Gasteiger partial charge in [0.1, 0.15) is 5.69 Å². The highest BCUT2D eigenvalue weighted by Crippen LogP contribution is 2.23. The molecule has 0 aliphatic carbocycles. The Labute approximate surface area is 178 Å². The second kappa shape index (κ2) is 10.2. The molecule has 1 fully saturated rings. The number of nitrogens with zero attached hydrogens (tertiary/aromatic N) is 2. The molecular weight excluding hydrogens is 419 g/mol. The van der Waals surface area contributed by atoms with Gasteiger partial charge in [-0.05, 0) is 57.1 Å². The molecule has 0 atom stereocenters. The highest BCUT2D eigenvalue weighted by atomic mass is 35.5. The lowest BCUT2D eigenvalue weighted by Gasteiger charge is -2.26. The van der Waals surface area contributed by atoms with Gasteiger partial charge in [-0.25, -0.2) is 4.98 Å². The molecule has 2 N–H and O–H groups in total. The maximum Gasteiger partial charge on any atom is 0.270 e. The lowest BCUT2D eigenvalue weighted by atomic mass is 10.1. The molecule has 3 rings (SSSR count). The Morgan fingerprint density at radius 1 is 1.14 bits per heavy atom. The highest BCUT2D eigenvalue weighted by molar-refractivity contribution is 7.14. The minimum Gasteiger partial charge on any atom is -0.351 e. The SMILES string of the molecule is O=C(NCCCN1CCCCC1)c1csc(NC(=O)c2ccc(Cl)cc2Cl)n1. The van der Waals surface area contributed by atoms with Gasteiger partial charge in [0, 0.05) is 16.9 Å². The fourth-order valence-electron chi connectivity index (χ4n) is 3.05.